The summed E-state index contributed by atoms with van der Waals surface area (Å²) < 4.78 is 0. The first-order valence-corrected chi connectivity index (χ1v) is 5.76. The molecule has 0 amide bonds. The summed E-state index contributed by atoms with van der Waals surface area (Å²) in [7, 11) is 0. The van der Waals surface area contributed by atoms with Crippen molar-refractivity contribution in [1.82, 2.24) is 5.32 Å². The Bertz CT molecular complexity index is 453. The minimum atomic E-state index is -0.0226. The van der Waals surface area contributed by atoms with Crippen molar-refractivity contribution in [3.05, 3.63) is 59.0 Å². The maximum absolute atomic E-state index is 11.4. The molecule has 0 saturated carbocycles. The molecule has 0 spiro atoms. The van der Waals surface area contributed by atoms with Crippen molar-refractivity contribution in [2.45, 2.75) is 20.3 Å². The Morgan fingerprint density at radius 3 is 2.71 bits per heavy atom. The van der Waals surface area contributed by atoms with E-state index in [9.17, 15) is 4.79 Å². The topological polar surface area (TPSA) is 29.1 Å². The van der Waals surface area contributed by atoms with Crippen molar-refractivity contribution >= 4 is 17.4 Å². The van der Waals surface area contributed by atoms with Crippen LogP contribution in [0.3, 0.4) is 0 Å². The van der Waals surface area contributed by atoms with Crippen molar-refractivity contribution < 1.29 is 4.79 Å². The highest BCUT2D eigenvalue weighted by Gasteiger charge is 2.04. The third-order valence-corrected chi connectivity index (χ3v) is 2.42. The van der Waals surface area contributed by atoms with Crippen molar-refractivity contribution in [2.75, 3.05) is 0 Å². The van der Waals surface area contributed by atoms with Crippen molar-refractivity contribution in [3.8, 4) is 0 Å². The largest absolute Gasteiger partial charge is 0.357 e. The van der Waals surface area contributed by atoms with Gasteiger partial charge in [-0.25, -0.2) is 0 Å². The number of nitrogens with one attached hydrogen (secondary N) is 1. The van der Waals surface area contributed by atoms with Crippen LogP contribution in [-0.2, 0) is 4.79 Å². The van der Waals surface area contributed by atoms with E-state index in [1.807, 2.05) is 31.2 Å². The molecule has 1 aliphatic rings. The molecular weight excluding hydrogens is 234 g/mol. The van der Waals surface area contributed by atoms with Crippen LogP contribution in [0.2, 0.25) is 0 Å². The molecule has 0 aliphatic heterocycles. The molecule has 0 bridgehead atoms. The summed E-state index contributed by atoms with van der Waals surface area (Å²) in [5, 5.41) is 3.66. The Labute approximate surface area is 107 Å². The molecule has 0 aromatic heterocycles. The van der Waals surface area contributed by atoms with Gasteiger partial charge in [-0.05, 0) is 31.1 Å². The number of ketones is 1. The highest BCUT2D eigenvalue weighted by Crippen LogP contribution is 2.15. The molecule has 0 unspecified atom stereocenters. The van der Waals surface area contributed by atoms with Crippen molar-refractivity contribution in [1.29, 1.82) is 0 Å². The van der Waals surface area contributed by atoms with E-state index in [-0.39, 0.29) is 5.78 Å². The predicted octanol–water partition coefficient (Wildman–Crippen LogP) is 3.59. The Morgan fingerprint density at radius 2 is 2.12 bits per heavy atom. The molecule has 1 rings (SSSR count). The first-order valence-electron chi connectivity index (χ1n) is 5.38. The number of rotatable bonds is 4. The Morgan fingerprint density at radius 1 is 1.41 bits per heavy atom. The molecule has 0 saturated heterocycles. The van der Waals surface area contributed by atoms with Crippen LogP contribution in [0.1, 0.15) is 20.3 Å². The molecule has 0 aromatic carbocycles. The average Bonchev–Trinajstić information content (AvgIpc) is 2.42. The van der Waals surface area contributed by atoms with Gasteiger partial charge in [0.05, 0.1) is 5.70 Å². The molecule has 0 heterocycles. The van der Waals surface area contributed by atoms with Gasteiger partial charge < -0.3 is 5.32 Å². The SMILES string of the molecule is C=C(C)N/C(=C\C1=CCC=C(Cl)C=C1)C(C)=O. The second-order valence-electron chi connectivity index (χ2n) is 3.88. The van der Waals surface area contributed by atoms with Gasteiger partial charge in [0.2, 0.25) is 0 Å². The second kappa shape index (κ2) is 6.26. The average molecular weight is 250 g/mol. The van der Waals surface area contributed by atoms with Crippen LogP contribution in [0, 0.1) is 0 Å². The zero-order chi connectivity index (χ0) is 12.8. The van der Waals surface area contributed by atoms with Crippen LogP contribution >= 0.6 is 11.6 Å². The maximum atomic E-state index is 11.4. The lowest BCUT2D eigenvalue weighted by Crippen LogP contribution is -2.16. The number of carbonyl (C=O) groups excluding carboxylic acids is 1. The van der Waals surface area contributed by atoms with Crippen molar-refractivity contribution in [3.63, 3.8) is 0 Å². The van der Waals surface area contributed by atoms with E-state index >= 15 is 0 Å². The van der Waals surface area contributed by atoms with Gasteiger partial charge in [-0.1, -0.05) is 36.4 Å². The lowest BCUT2D eigenvalue weighted by molar-refractivity contribution is -0.113. The Hall–Kier alpha value is -1.54. The van der Waals surface area contributed by atoms with Gasteiger partial charge in [-0.15, -0.1) is 0 Å². The summed E-state index contributed by atoms with van der Waals surface area (Å²) in [5.41, 5.74) is 2.23. The van der Waals surface area contributed by atoms with Crippen molar-refractivity contribution in [2.24, 2.45) is 0 Å². The van der Waals surface area contributed by atoms with E-state index in [0.717, 1.165) is 17.7 Å². The molecule has 2 nitrogen and oxygen atoms in total. The lowest BCUT2D eigenvalue weighted by Gasteiger charge is -2.07. The molecule has 17 heavy (non-hydrogen) atoms. The second-order valence-corrected chi connectivity index (χ2v) is 4.32. The smallest absolute Gasteiger partial charge is 0.175 e. The number of hydrogen-bond acceptors (Lipinski definition) is 2. The van der Waals surface area contributed by atoms with Gasteiger partial charge in [0.25, 0.3) is 0 Å². The summed E-state index contributed by atoms with van der Waals surface area (Å²) in [6.45, 7) is 7.06. The third kappa shape index (κ3) is 4.87. The van der Waals surface area contributed by atoms with Gasteiger partial charge in [0.15, 0.2) is 5.78 Å². The van der Waals surface area contributed by atoms with Crippen LogP contribution in [0.4, 0.5) is 0 Å². The van der Waals surface area contributed by atoms with Gasteiger partial charge in [0.1, 0.15) is 0 Å². The zero-order valence-corrected chi connectivity index (χ0v) is 10.8. The monoisotopic (exact) mass is 249 g/mol. The van der Waals surface area contributed by atoms with E-state index < -0.39 is 0 Å². The number of allylic oxidation sites excluding steroid dienone is 9. The predicted molar refractivity (Wildman–Crippen MR) is 72.5 cm³/mol. The minimum Gasteiger partial charge on any atom is -0.357 e. The highest BCUT2D eigenvalue weighted by molar-refractivity contribution is 6.31. The fourth-order valence-electron chi connectivity index (χ4n) is 1.35. The van der Waals surface area contributed by atoms with Gasteiger partial charge >= 0.3 is 0 Å². The summed E-state index contributed by atoms with van der Waals surface area (Å²) >= 11 is 5.89. The van der Waals surface area contributed by atoms with Crippen LogP contribution in [-0.4, -0.2) is 5.78 Å². The maximum Gasteiger partial charge on any atom is 0.175 e. The molecule has 0 atom stereocenters. The summed E-state index contributed by atoms with van der Waals surface area (Å²) in [4.78, 5) is 11.4. The molecule has 1 N–H and O–H groups in total. The summed E-state index contributed by atoms with van der Waals surface area (Å²) in [6, 6.07) is 0. The number of halogens is 1. The van der Waals surface area contributed by atoms with Crippen LogP contribution in [0.25, 0.3) is 0 Å². The molecule has 3 heteroatoms. The highest BCUT2D eigenvalue weighted by atomic mass is 35.5. The molecule has 0 radical (unpaired) electrons. The Kier molecular flexibility index (Phi) is 4.98. The number of hydrogen-bond donors (Lipinski definition) is 1. The standard InChI is InChI=1S/C14H16ClNO/c1-10(2)16-14(11(3)17)9-12-5-4-6-13(15)8-7-12/h5-9,16H,1,4H2,2-3H3/b14-9-. The van der Waals surface area contributed by atoms with E-state index in [1.54, 1.807) is 6.08 Å². The number of Topliss-reactive ketones (excluding diaryl/α,β-unsaturated/α-hetero) is 1. The molecular formula is C14H16ClNO. The van der Waals surface area contributed by atoms with Gasteiger partial charge in [0, 0.05) is 17.7 Å². The lowest BCUT2D eigenvalue weighted by atomic mass is 10.1. The quantitative estimate of drug-likeness (QED) is 0.772. The fourth-order valence-corrected chi connectivity index (χ4v) is 1.50. The van der Waals surface area contributed by atoms with E-state index in [4.69, 9.17) is 11.6 Å². The van der Waals surface area contributed by atoms with E-state index in [0.29, 0.717) is 10.7 Å². The molecule has 0 fully saturated rings. The first kappa shape index (κ1) is 13.5. The van der Waals surface area contributed by atoms with E-state index in [2.05, 4.69) is 11.9 Å². The van der Waals surface area contributed by atoms with Crippen LogP contribution < -0.4 is 5.32 Å². The summed E-state index contributed by atoms with van der Waals surface area (Å²) in [6.07, 6.45) is 10.2. The molecule has 90 valence electrons. The Balaban J connectivity index is 2.92. The number of carbonyl (C=O) groups is 1. The summed E-state index contributed by atoms with van der Waals surface area (Å²) in [5.74, 6) is -0.0226. The van der Waals surface area contributed by atoms with E-state index in [1.165, 1.54) is 6.92 Å². The van der Waals surface area contributed by atoms with Crippen LogP contribution in [0.15, 0.2) is 59.0 Å². The van der Waals surface area contributed by atoms with Crippen LogP contribution in [0.5, 0.6) is 0 Å². The normalized spacial score (nSPS) is 15.8. The molecule has 0 aromatic rings. The third-order valence-electron chi connectivity index (χ3n) is 2.14. The van der Waals surface area contributed by atoms with Gasteiger partial charge in [-0.2, -0.15) is 0 Å². The fraction of sp³-hybridized carbons (Fsp3) is 0.214. The molecule has 1 aliphatic carbocycles. The minimum absolute atomic E-state index is 0.0226. The van der Waals surface area contributed by atoms with Gasteiger partial charge in [-0.3, -0.25) is 4.79 Å². The zero-order valence-electron chi connectivity index (χ0n) is 10.1. The first-order chi connectivity index (χ1) is 7.99.